The van der Waals surface area contributed by atoms with E-state index in [0.717, 1.165) is 44.9 Å². The quantitative estimate of drug-likeness (QED) is 0.0145. The van der Waals surface area contributed by atoms with Crippen LogP contribution < -0.4 is 0 Å². The van der Waals surface area contributed by atoms with E-state index in [9.17, 15) is 38.9 Å². The first-order valence-electron chi connectivity index (χ1n) is 22.7. The third-order valence-corrected chi connectivity index (χ3v) is 10.3. The van der Waals surface area contributed by atoms with Gasteiger partial charge in [0.25, 0.3) is 0 Å². The number of ether oxygens (including phenoxy) is 2. The summed E-state index contributed by atoms with van der Waals surface area (Å²) in [6, 6.07) is 0. The van der Waals surface area contributed by atoms with Crippen molar-refractivity contribution in [2.45, 2.75) is 154 Å². The van der Waals surface area contributed by atoms with Gasteiger partial charge in [0.2, 0.25) is 0 Å². The third kappa shape index (κ3) is 44.3. The molecule has 6 N–H and O–H groups in total. The molecule has 5 atom stereocenters. The first-order valence-corrected chi connectivity index (χ1v) is 25.8. The molecular weight excluding hydrogens is 878 g/mol. The Morgan fingerprint density at radius 1 is 0.508 bits per heavy atom. The van der Waals surface area contributed by atoms with Crippen LogP contribution in [0, 0.1) is 0 Å². The maximum Gasteiger partial charge on any atom is 0.472 e. The van der Waals surface area contributed by atoms with Gasteiger partial charge in [0.15, 0.2) is 6.10 Å². The molecule has 0 aliphatic carbocycles. The summed E-state index contributed by atoms with van der Waals surface area (Å²) < 4.78 is 47.5. The molecule has 0 aromatic carbocycles. The van der Waals surface area contributed by atoms with Crippen molar-refractivity contribution in [1.82, 2.24) is 0 Å². The average molecular weight is 957 g/mol. The molecule has 17 heteroatoms. The van der Waals surface area contributed by atoms with E-state index in [1.807, 2.05) is 30.4 Å². The number of unbranched alkanes of at least 4 members (excludes halogenated alkanes) is 3. The van der Waals surface area contributed by atoms with Crippen molar-refractivity contribution in [2.75, 3.05) is 26.4 Å². The van der Waals surface area contributed by atoms with E-state index in [1.165, 1.54) is 19.3 Å². The van der Waals surface area contributed by atoms with Gasteiger partial charge < -0.3 is 39.5 Å². The molecule has 0 rings (SSSR count). The van der Waals surface area contributed by atoms with Gasteiger partial charge >= 0.3 is 27.6 Å². The molecule has 0 fully saturated rings. The van der Waals surface area contributed by atoms with Crippen LogP contribution in [0.3, 0.4) is 0 Å². The van der Waals surface area contributed by atoms with Crippen LogP contribution in [-0.4, -0.2) is 92.8 Å². The van der Waals surface area contributed by atoms with Gasteiger partial charge in [0.1, 0.15) is 12.7 Å². The molecule has 0 spiro atoms. The number of carbonyl (C=O) groups is 2. The van der Waals surface area contributed by atoms with Gasteiger partial charge in [-0.15, -0.1) is 0 Å². The molecule has 370 valence electrons. The highest BCUT2D eigenvalue weighted by Crippen LogP contribution is 2.43. The zero-order valence-corrected chi connectivity index (χ0v) is 40.3. The fourth-order valence-electron chi connectivity index (χ4n) is 5.30. The van der Waals surface area contributed by atoms with Crippen LogP contribution in [-0.2, 0) is 41.8 Å². The Morgan fingerprint density at radius 3 is 1.51 bits per heavy atom. The Morgan fingerprint density at radius 2 is 0.985 bits per heavy atom. The van der Waals surface area contributed by atoms with Crippen molar-refractivity contribution in [1.29, 1.82) is 0 Å². The second kappa shape index (κ2) is 42.1. The Bertz CT molecular complexity index is 1590. The number of hydrogen-bond donors (Lipinski definition) is 6. The van der Waals surface area contributed by atoms with Crippen molar-refractivity contribution in [3.63, 3.8) is 0 Å². The number of allylic oxidation sites excluding steroid dienone is 17. The van der Waals surface area contributed by atoms with E-state index in [-0.39, 0.29) is 32.1 Å². The van der Waals surface area contributed by atoms with Gasteiger partial charge in [0.05, 0.1) is 32.0 Å². The van der Waals surface area contributed by atoms with E-state index in [2.05, 4.69) is 89.7 Å². The topological polar surface area (TPSA) is 236 Å². The lowest BCUT2D eigenvalue weighted by Gasteiger charge is -2.20. The minimum absolute atomic E-state index is 0.0598. The number of phosphoric acid groups is 2. The van der Waals surface area contributed by atoms with Gasteiger partial charge in [-0.2, -0.15) is 0 Å². The molecule has 15 nitrogen and oxygen atoms in total. The average Bonchev–Trinajstić information content (AvgIpc) is 3.26. The molecule has 1 unspecified atom stereocenters. The summed E-state index contributed by atoms with van der Waals surface area (Å²) in [5.74, 6) is -1.43. The molecule has 0 aromatic rings. The molecule has 0 aliphatic heterocycles. The van der Waals surface area contributed by atoms with Crippen molar-refractivity contribution in [2.24, 2.45) is 0 Å². The van der Waals surface area contributed by atoms with Crippen LogP contribution in [0.25, 0.3) is 0 Å². The minimum Gasteiger partial charge on any atom is -0.462 e. The predicted molar refractivity (Wildman–Crippen MR) is 255 cm³/mol. The summed E-state index contributed by atoms with van der Waals surface area (Å²) in [7, 11) is -9.81. The van der Waals surface area contributed by atoms with Crippen LogP contribution in [0.15, 0.2) is 109 Å². The Balaban J connectivity index is 4.86. The number of phosphoric ester groups is 2. The first kappa shape index (κ1) is 61.7. The summed E-state index contributed by atoms with van der Waals surface area (Å²) in [5, 5.41) is 30.5. The Labute approximate surface area is 387 Å². The Hall–Kier alpha value is -3.30. The molecule has 65 heavy (non-hydrogen) atoms. The van der Waals surface area contributed by atoms with Gasteiger partial charge in [-0.1, -0.05) is 136 Å². The summed E-state index contributed by atoms with van der Waals surface area (Å²) in [6.07, 6.45) is 44.1. The van der Waals surface area contributed by atoms with Gasteiger partial charge in [-0.25, -0.2) is 9.13 Å². The van der Waals surface area contributed by atoms with E-state index in [0.29, 0.717) is 19.3 Å². The number of rotatable bonds is 41. The molecule has 0 saturated heterocycles. The molecule has 0 amide bonds. The molecule has 0 bridgehead atoms. The predicted octanol–water partition coefficient (Wildman–Crippen LogP) is 9.83. The summed E-state index contributed by atoms with van der Waals surface area (Å²) in [4.78, 5) is 52.8. The monoisotopic (exact) mass is 956 g/mol. The highest BCUT2D eigenvalue weighted by Gasteiger charge is 2.28. The SMILES string of the molecule is CC/C=C\C/C=C\C/C=C\C/C=C\C[C@H](O)[C@@H](O)CCCC(=O)OC[C@H](COP(=O)(O)OC[C@@H](O)COP(=O)(O)O)OC(=O)CC/C=C\C/C=C\C/C=C\C/C=C\C/C=C\CCCCC. The number of aliphatic hydroxyl groups is 3. The fourth-order valence-corrected chi connectivity index (χ4v) is 6.45. The van der Waals surface area contributed by atoms with E-state index in [4.69, 9.17) is 23.8 Å². The number of hydrogen-bond acceptors (Lipinski definition) is 12. The molecule has 0 aromatic heterocycles. The minimum atomic E-state index is -4.91. The molecule has 0 radical (unpaired) electrons. The lowest BCUT2D eigenvalue weighted by atomic mass is 10.0. The maximum atomic E-state index is 12.7. The van der Waals surface area contributed by atoms with Gasteiger partial charge in [-0.05, 0) is 89.9 Å². The summed E-state index contributed by atoms with van der Waals surface area (Å²) in [5.41, 5.74) is 0. The van der Waals surface area contributed by atoms with Crippen LogP contribution in [0.5, 0.6) is 0 Å². The third-order valence-electron chi connectivity index (χ3n) is 8.85. The lowest BCUT2D eigenvalue weighted by molar-refractivity contribution is -0.161. The van der Waals surface area contributed by atoms with Crippen molar-refractivity contribution in [3.8, 4) is 0 Å². The van der Waals surface area contributed by atoms with Crippen LogP contribution in [0.1, 0.15) is 129 Å². The van der Waals surface area contributed by atoms with Gasteiger partial charge in [0, 0.05) is 12.8 Å². The summed E-state index contributed by atoms with van der Waals surface area (Å²) in [6.45, 7) is 1.18. The van der Waals surface area contributed by atoms with Crippen molar-refractivity contribution >= 4 is 27.6 Å². The maximum absolute atomic E-state index is 12.7. The number of aliphatic hydroxyl groups excluding tert-OH is 3. The fraction of sp³-hybridized carbons (Fsp3) is 0.583. The molecule has 0 saturated carbocycles. The van der Waals surface area contributed by atoms with Crippen LogP contribution >= 0.6 is 15.6 Å². The smallest absolute Gasteiger partial charge is 0.462 e. The normalized spacial score (nSPS) is 15.9. The molecule has 0 heterocycles. The standard InChI is InChI=1S/C48H78O15P2/c1-3-5-7-9-11-13-15-17-18-19-20-21-22-23-25-27-29-31-33-37-48(53)63-44(42-62-65(57,58)61-40-43(49)39-60-64(54,55)56)41-59-47(52)38-34-36-46(51)45(50)35-32-30-28-26-24-16-14-12-10-8-6-4-2/h6,8,11-14,17-18,20-21,23-26,29-32,43-46,49-51H,3-5,7,9-10,15-16,19,22,27-28,33-42H2,1-2H3,(H,57,58)(H2,54,55,56)/b8-6-,13-11-,14-12-,18-17-,21-20-,25-23-,26-24-,31-29-,32-30-/t43-,44+,45-,46-/m0/s1. The first-order chi connectivity index (χ1) is 31.2. The zero-order valence-electron chi connectivity index (χ0n) is 38.5. The van der Waals surface area contributed by atoms with E-state index >= 15 is 0 Å². The number of carbonyl (C=O) groups excluding carboxylic acids is 2. The van der Waals surface area contributed by atoms with Crippen molar-refractivity contribution < 1.29 is 71.8 Å². The van der Waals surface area contributed by atoms with Gasteiger partial charge in [-0.3, -0.25) is 23.2 Å². The van der Waals surface area contributed by atoms with E-state index in [1.54, 1.807) is 12.2 Å². The van der Waals surface area contributed by atoms with Crippen molar-refractivity contribution in [3.05, 3.63) is 109 Å². The van der Waals surface area contributed by atoms with E-state index < -0.39 is 78.4 Å². The molecular formula is C48H78O15P2. The molecule has 0 aliphatic rings. The number of esters is 2. The zero-order chi connectivity index (χ0) is 48.3. The highest BCUT2D eigenvalue weighted by molar-refractivity contribution is 7.47. The second-order valence-electron chi connectivity index (χ2n) is 14.9. The van der Waals surface area contributed by atoms with Crippen LogP contribution in [0.2, 0.25) is 0 Å². The summed E-state index contributed by atoms with van der Waals surface area (Å²) >= 11 is 0. The second-order valence-corrected chi connectivity index (χ2v) is 17.6. The largest absolute Gasteiger partial charge is 0.472 e. The Kier molecular flexibility index (Phi) is 39.9. The lowest BCUT2D eigenvalue weighted by Crippen LogP contribution is -2.30. The highest BCUT2D eigenvalue weighted by atomic mass is 31.2. The van der Waals surface area contributed by atoms with Crippen LogP contribution in [0.4, 0.5) is 0 Å².